The van der Waals surface area contributed by atoms with E-state index >= 15 is 0 Å². The van der Waals surface area contributed by atoms with Crippen LogP contribution in [0, 0.1) is 0 Å². The topological polar surface area (TPSA) is 4.93 Å². The Morgan fingerprint density at radius 2 is 1.48 bits per heavy atom. The first-order chi connectivity index (χ1) is 10.4. The van der Waals surface area contributed by atoms with Gasteiger partial charge in [0.25, 0.3) is 0 Å². The van der Waals surface area contributed by atoms with Crippen LogP contribution >= 0.6 is 0 Å². The Balaban J connectivity index is 2.30. The fraction of sp³-hybridized carbons (Fsp3) is 0.100. The number of hydrogen-bond donors (Lipinski definition) is 0. The maximum Gasteiger partial charge on any atom is 0.0707 e. The Hall–Kier alpha value is -2.54. The van der Waals surface area contributed by atoms with Gasteiger partial charge in [0.2, 0.25) is 0 Å². The van der Waals surface area contributed by atoms with Crippen LogP contribution in [0.5, 0.6) is 0 Å². The number of nitrogens with zero attached hydrogens (tertiary/aromatic N) is 1. The van der Waals surface area contributed by atoms with Crippen molar-refractivity contribution in [2.24, 2.45) is 0 Å². The molecule has 104 valence electrons. The van der Waals surface area contributed by atoms with Crippen LogP contribution in [-0.2, 0) is 0 Å². The average Bonchev–Trinajstić information content (AvgIpc) is 2.87. The van der Waals surface area contributed by atoms with Crippen LogP contribution < -0.4 is 0 Å². The summed E-state index contributed by atoms with van der Waals surface area (Å²) in [6.07, 6.45) is 10.3. The SMILES string of the molecule is C=CC(C=C/C=C\C)n1c2ccccc2c2ccccc21. The third-order valence-corrected chi connectivity index (χ3v) is 3.77. The van der Waals surface area contributed by atoms with Crippen LogP contribution in [0.1, 0.15) is 13.0 Å². The van der Waals surface area contributed by atoms with E-state index in [0.717, 1.165) is 0 Å². The fourth-order valence-corrected chi connectivity index (χ4v) is 2.83. The summed E-state index contributed by atoms with van der Waals surface area (Å²) < 4.78 is 2.34. The predicted molar refractivity (Wildman–Crippen MR) is 92.6 cm³/mol. The van der Waals surface area contributed by atoms with Gasteiger partial charge in [0.05, 0.1) is 6.04 Å². The first kappa shape index (κ1) is 13.4. The van der Waals surface area contributed by atoms with Gasteiger partial charge in [0.1, 0.15) is 0 Å². The summed E-state index contributed by atoms with van der Waals surface area (Å²) in [7, 11) is 0. The van der Waals surface area contributed by atoms with Crippen molar-refractivity contribution < 1.29 is 0 Å². The molecule has 2 aromatic carbocycles. The number of allylic oxidation sites excluding steroid dienone is 5. The molecule has 0 bridgehead atoms. The van der Waals surface area contributed by atoms with Gasteiger partial charge in [-0.2, -0.15) is 0 Å². The lowest BCUT2D eigenvalue weighted by molar-refractivity contribution is 0.783. The summed E-state index contributed by atoms with van der Waals surface area (Å²) in [5.41, 5.74) is 2.49. The minimum atomic E-state index is 0.144. The van der Waals surface area contributed by atoms with Gasteiger partial charge in [-0.3, -0.25) is 0 Å². The number of aromatic nitrogens is 1. The van der Waals surface area contributed by atoms with E-state index in [1.807, 2.05) is 25.2 Å². The Kier molecular flexibility index (Phi) is 3.74. The summed E-state index contributed by atoms with van der Waals surface area (Å²) in [5.74, 6) is 0. The van der Waals surface area contributed by atoms with Crippen LogP contribution in [0.3, 0.4) is 0 Å². The lowest BCUT2D eigenvalue weighted by Gasteiger charge is -2.13. The minimum Gasteiger partial charge on any atom is -0.330 e. The van der Waals surface area contributed by atoms with Crippen molar-refractivity contribution in [2.75, 3.05) is 0 Å². The molecule has 1 atom stereocenters. The molecule has 0 amide bonds. The van der Waals surface area contributed by atoms with Gasteiger partial charge in [0, 0.05) is 21.8 Å². The van der Waals surface area contributed by atoms with E-state index in [2.05, 4.69) is 71.8 Å². The molecular formula is C20H19N. The highest BCUT2D eigenvalue weighted by atomic mass is 15.0. The first-order valence-corrected chi connectivity index (χ1v) is 7.26. The monoisotopic (exact) mass is 273 g/mol. The molecule has 0 N–H and O–H groups in total. The second-order valence-corrected chi connectivity index (χ2v) is 5.04. The highest BCUT2D eigenvalue weighted by Gasteiger charge is 2.13. The Morgan fingerprint density at radius 3 is 2.00 bits per heavy atom. The van der Waals surface area contributed by atoms with Gasteiger partial charge in [-0.25, -0.2) is 0 Å². The van der Waals surface area contributed by atoms with Crippen molar-refractivity contribution in [1.29, 1.82) is 0 Å². The van der Waals surface area contributed by atoms with Gasteiger partial charge in [0.15, 0.2) is 0 Å². The molecule has 3 aromatic rings. The van der Waals surface area contributed by atoms with Crippen LogP contribution in [-0.4, -0.2) is 4.57 Å². The average molecular weight is 273 g/mol. The van der Waals surface area contributed by atoms with Gasteiger partial charge in [-0.15, -0.1) is 6.58 Å². The maximum atomic E-state index is 4.01. The molecule has 0 aliphatic heterocycles. The molecule has 21 heavy (non-hydrogen) atoms. The molecule has 1 unspecified atom stereocenters. The van der Waals surface area contributed by atoms with Crippen LogP contribution in [0.2, 0.25) is 0 Å². The predicted octanol–water partition coefficient (Wildman–Crippen LogP) is 5.65. The zero-order valence-electron chi connectivity index (χ0n) is 12.2. The highest BCUT2D eigenvalue weighted by Crippen LogP contribution is 2.32. The maximum absolute atomic E-state index is 4.01. The normalized spacial score (nSPS) is 13.6. The summed E-state index contributed by atoms with van der Waals surface area (Å²) in [6, 6.07) is 17.2. The summed E-state index contributed by atoms with van der Waals surface area (Å²) >= 11 is 0. The highest BCUT2D eigenvalue weighted by molar-refractivity contribution is 6.08. The van der Waals surface area contributed by atoms with Crippen molar-refractivity contribution in [1.82, 2.24) is 4.57 Å². The number of fused-ring (bicyclic) bond motifs is 3. The molecule has 1 heterocycles. The third-order valence-electron chi connectivity index (χ3n) is 3.77. The Labute approximate surface area is 125 Å². The van der Waals surface area contributed by atoms with Gasteiger partial charge >= 0.3 is 0 Å². The van der Waals surface area contributed by atoms with E-state index in [4.69, 9.17) is 0 Å². The molecule has 0 aliphatic carbocycles. The number of para-hydroxylation sites is 2. The molecule has 0 radical (unpaired) electrons. The standard InChI is InChI=1S/C20H19N/c1-3-5-6-11-16(4-2)21-19-14-9-7-12-17(19)18-13-8-10-15-20(18)21/h3-16H,2H2,1H3/b5-3-,11-6?. The molecule has 0 fully saturated rings. The molecule has 0 aliphatic rings. The summed E-state index contributed by atoms with van der Waals surface area (Å²) in [6.45, 7) is 6.03. The second-order valence-electron chi connectivity index (χ2n) is 5.04. The lowest BCUT2D eigenvalue weighted by Crippen LogP contribution is -2.02. The Morgan fingerprint density at radius 1 is 0.905 bits per heavy atom. The molecule has 3 rings (SSSR count). The molecule has 0 spiro atoms. The van der Waals surface area contributed by atoms with Crippen LogP contribution in [0.15, 0.2) is 85.5 Å². The molecular weight excluding hydrogens is 254 g/mol. The number of rotatable bonds is 4. The van der Waals surface area contributed by atoms with E-state index in [9.17, 15) is 0 Å². The third kappa shape index (κ3) is 2.31. The van der Waals surface area contributed by atoms with Crippen molar-refractivity contribution in [3.63, 3.8) is 0 Å². The lowest BCUT2D eigenvalue weighted by atomic mass is 10.2. The van der Waals surface area contributed by atoms with E-state index in [-0.39, 0.29) is 6.04 Å². The fourth-order valence-electron chi connectivity index (χ4n) is 2.83. The van der Waals surface area contributed by atoms with E-state index < -0.39 is 0 Å². The van der Waals surface area contributed by atoms with Crippen LogP contribution in [0.25, 0.3) is 21.8 Å². The summed E-state index contributed by atoms with van der Waals surface area (Å²) in [5, 5.41) is 2.58. The van der Waals surface area contributed by atoms with Gasteiger partial charge in [-0.05, 0) is 19.1 Å². The number of benzene rings is 2. The zero-order chi connectivity index (χ0) is 14.7. The molecule has 0 saturated heterocycles. The van der Waals surface area contributed by atoms with Crippen molar-refractivity contribution in [2.45, 2.75) is 13.0 Å². The van der Waals surface area contributed by atoms with Crippen molar-refractivity contribution >= 4 is 21.8 Å². The van der Waals surface area contributed by atoms with E-state index in [0.29, 0.717) is 0 Å². The van der Waals surface area contributed by atoms with Crippen molar-refractivity contribution in [3.05, 3.63) is 85.5 Å². The second kappa shape index (κ2) is 5.84. The Bertz CT molecular complexity index is 780. The largest absolute Gasteiger partial charge is 0.330 e. The summed E-state index contributed by atoms with van der Waals surface area (Å²) in [4.78, 5) is 0. The first-order valence-electron chi connectivity index (χ1n) is 7.26. The van der Waals surface area contributed by atoms with Gasteiger partial charge in [-0.1, -0.05) is 66.8 Å². The van der Waals surface area contributed by atoms with E-state index in [1.165, 1.54) is 21.8 Å². The minimum absolute atomic E-state index is 0.144. The number of hydrogen-bond acceptors (Lipinski definition) is 0. The molecule has 1 heteroatoms. The smallest absolute Gasteiger partial charge is 0.0707 e. The van der Waals surface area contributed by atoms with Crippen molar-refractivity contribution in [3.8, 4) is 0 Å². The van der Waals surface area contributed by atoms with Gasteiger partial charge < -0.3 is 4.57 Å². The quantitative estimate of drug-likeness (QED) is 0.427. The molecule has 1 aromatic heterocycles. The molecule has 0 saturated carbocycles. The van der Waals surface area contributed by atoms with Crippen LogP contribution in [0.4, 0.5) is 0 Å². The molecule has 1 nitrogen and oxygen atoms in total. The zero-order valence-corrected chi connectivity index (χ0v) is 12.2. The van der Waals surface area contributed by atoms with E-state index in [1.54, 1.807) is 0 Å².